The predicted molar refractivity (Wildman–Crippen MR) is 93.3 cm³/mol. The Balaban J connectivity index is 1.84. The van der Waals surface area contributed by atoms with Gasteiger partial charge in [-0.1, -0.05) is 42.0 Å². The SMILES string of the molecule is Cc1ccc(C(C(=O)NCc2cccnc2)c2ccccn2)cc1. The number of aromatic nitrogens is 2. The zero-order valence-electron chi connectivity index (χ0n) is 13.5. The molecule has 3 rings (SSSR count). The van der Waals surface area contributed by atoms with E-state index in [1.165, 1.54) is 0 Å². The zero-order valence-corrected chi connectivity index (χ0v) is 13.5. The van der Waals surface area contributed by atoms with Crippen molar-refractivity contribution in [3.63, 3.8) is 0 Å². The van der Waals surface area contributed by atoms with Crippen molar-refractivity contribution in [2.45, 2.75) is 19.4 Å². The largest absolute Gasteiger partial charge is 0.351 e. The van der Waals surface area contributed by atoms with Gasteiger partial charge in [-0.05, 0) is 36.2 Å². The van der Waals surface area contributed by atoms with Crippen molar-refractivity contribution >= 4 is 5.91 Å². The van der Waals surface area contributed by atoms with Crippen LogP contribution in [0.15, 0.2) is 73.2 Å². The quantitative estimate of drug-likeness (QED) is 0.786. The summed E-state index contributed by atoms with van der Waals surface area (Å²) < 4.78 is 0. The van der Waals surface area contributed by atoms with Crippen LogP contribution in [0.25, 0.3) is 0 Å². The fraction of sp³-hybridized carbons (Fsp3) is 0.150. The molecule has 0 fully saturated rings. The van der Waals surface area contributed by atoms with Crippen LogP contribution < -0.4 is 5.32 Å². The topological polar surface area (TPSA) is 54.9 Å². The van der Waals surface area contributed by atoms with E-state index in [-0.39, 0.29) is 5.91 Å². The summed E-state index contributed by atoms with van der Waals surface area (Å²) in [5, 5.41) is 2.99. The molecule has 1 atom stereocenters. The molecule has 0 aliphatic heterocycles. The summed E-state index contributed by atoms with van der Waals surface area (Å²) in [6, 6.07) is 17.4. The summed E-state index contributed by atoms with van der Waals surface area (Å²) in [7, 11) is 0. The van der Waals surface area contributed by atoms with Crippen LogP contribution >= 0.6 is 0 Å². The van der Waals surface area contributed by atoms with Crippen LogP contribution in [-0.4, -0.2) is 15.9 Å². The number of amides is 1. The van der Waals surface area contributed by atoms with E-state index >= 15 is 0 Å². The lowest BCUT2D eigenvalue weighted by molar-refractivity contribution is -0.121. The van der Waals surface area contributed by atoms with Crippen molar-refractivity contribution in [2.75, 3.05) is 0 Å². The Morgan fingerprint density at radius 3 is 2.54 bits per heavy atom. The van der Waals surface area contributed by atoms with Crippen molar-refractivity contribution in [2.24, 2.45) is 0 Å². The molecule has 2 heterocycles. The van der Waals surface area contributed by atoms with E-state index in [2.05, 4.69) is 15.3 Å². The molecule has 0 saturated heterocycles. The third-order valence-electron chi connectivity index (χ3n) is 3.85. The number of nitrogens with zero attached hydrogens (tertiary/aromatic N) is 2. The van der Waals surface area contributed by atoms with Crippen LogP contribution in [0.5, 0.6) is 0 Å². The van der Waals surface area contributed by atoms with Crippen LogP contribution in [0, 0.1) is 6.92 Å². The van der Waals surface area contributed by atoms with Crippen LogP contribution in [0.1, 0.15) is 28.3 Å². The number of pyridine rings is 2. The highest BCUT2D eigenvalue weighted by atomic mass is 16.1. The summed E-state index contributed by atoms with van der Waals surface area (Å²) in [4.78, 5) is 21.3. The van der Waals surface area contributed by atoms with E-state index in [0.29, 0.717) is 6.54 Å². The second-order valence-electron chi connectivity index (χ2n) is 5.68. The Kier molecular flexibility index (Phi) is 4.96. The standard InChI is InChI=1S/C20H19N3O/c1-15-7-9-17(10-8-15)19(18-6-2-3-12-22-18)20(24)23-14-16-5-4-11-21-13-16/h2-13,19H,14H2,1H3,(H,23,24). The molecule has 0 aliphatic rings. The van der Waals surface area contributed by atoms with Gasteiger partial charge in [0, 0.05) is 25.1 Å². The van der Waals surface area contributed by atoms with E-state index < -0.39 is 5.92 Å². The highest BCUT2D eigenvalue weighted by Gasteiger charge is 2.23. The van der Waals surface area contributed by atoms with Gasteiger partial charge in [-0.25, -0.2) is 0 Å². The maximum Gasteiger partial charge on any atom is 0.233 e. The number of aryl methyl sites for hydroxylation is 1. The maximum atomic E-state index is 12.8. The Morgan fingerprint density at radius 2 is 1.88 bits per heavy atom. The molecular weight excluding hydrogens is 298 g/mol. The van der Waals surface area contributed by atoms with Gasteiger partial charge in [0.25, 0.3) is 0 Å². The maximum absolute atomic E-state index is 12.8. The Hall–Kier alpha value is -3.01. The lowest BCUT2D eigenvalue weighted by Gasteiger charge is -2.17. The van der Waals surface area contributed by atoms with Crippen LogP contribution in [-0.2, 0) is 11.3 Å². The highest BCUT2D eigenvalue weighted by Crippen LogP contribution is 2.23. The molecule has 24 heavy (non-hydrogen) atoms. The van der Waals surface area contributed by atoms with E-state index in [1.54, 1.807) is 18.6 Å². The monoisotopic (exact) mass is 317 g/mol. The van der Waals surface area contributed by atoms with Gasteiger partial charge in [0.2, 0.25) is 5.91 Å². The normalized spacial score (nSPS) is 11.7. The molecule has 1 amide bonds. The van der Waals surface area contributed by atoms with E-state index in [9.17, 15) is 4.79 Å². The number of nitrogens with one attached hydrogen (secondary N) is 1. The minimum absolute atomic E-state index is 0.0681. The molecule has 4 nitrogen and oxygen atoms in total. The van der Waals surface area contributed by atoms with Crippen LogP contribution in [0.3, 0.4) is 0 Å². The third-order valence-corrected chi connectivity index (χ3v) is 3.85. The van der Waals surface area contributed by atoms with Crippen LogP contribution in [0.2, 0.25) is 0 Å². The van der Waals surface area contributed by atoms with Crippen molar-refractivity contribution in [3.8, 4) is 0 Å². The summed E-state index contributed by atoms with van der Waals surface area (Å²) in [5.74, 6) is -0.495. The molecule has 0 spiro atoms. The van der Waals surface area contributed by atoms with Crippen molar-refractivity contribution < 1.29 is 4.79 Å². The number of rotatable bonds is 5. The minimum Gasteiger partial charge on any atom is -0.351 e. The Labute approximate surface area is 141 Å². The molecular formula is C20H19N3O. The lowest BCUT2D eigenvalue weighted by Crippen LogP contribution is -2.30. The van der Waals surface area contributed by atoms with Gasteiger partial charge in [-0.3, -0.25) is 14.8 Å². The van der Waals surface area contributed by atoms with Gasteiger partial charge in [-0.15, -0.1) is 0 Å². The van der Waals surface area contributed by atoms with Crippen molar-refractivity contribution in [3.05, 3.63) is 95.6 Å². The zero-order chi connectivity index (χ0) is 16.8. The second kappa shape index (κ2) is 7.51. The average molecular weight is 317 g/mol. The van der Waals surface area contributed by atoms with E-state index in [0.717, 1.165) is 22.4 Å². The first kappa shape index (κ1) is 15.9. The lowest BCUT2D eigenvalue weighted by atomic mass is 9.93. The first-order valence-corrected chi connectivity index (χ1v) is 7.88. The molecule has 0 bridgehead atoms. The summed E-state index contributed by atoms with van der Waals surface area (Å²) in [6.45, 7) is 2.48. The fourth-order valence-electron chi connectivity index (χ4n) is 2.56. The molecule has 4 heteroatoms. The van der Waals surface area contributed by atoms with E-state index in [1.807, 2.05) is 61.5 Å². The van der Waals surface area contributed by atoms with Gasteiger partial charge in [0.1, 0.15) is 5.92 Å². The van der Waals surface area contributed by atoms with Crippen LogP contribution in [0.4, 0.5) is 0 Å². The molecule has 0 radical (unpaired) electrons. The first-order chi connectivity index (χ1) is 11.7. The molecule has 1 unspecified atom stereocenters. The van der Waals surface area contributed by atoms with Crippen molar-refractivity contribution in [1.82, 2.24) is 15.3 Å². The molecule has 2 aromatic heterocycles. The highest BCUT2D eigenvalue weighted by molar-refractivity contribution is 5.86. The van der Waals surface area contributed by atoms with Gasteiger partial charge in [0.15, 0.2) is 0 Å². The third kappa shape index (κ3) is 3.84. The van der Waals surface area contributed by atoms with Gasteiger partial charge in [-0.2, -0.15) is 0 Å². The molecule has 1 aromatic carbocycles. The molecule has 0 aliphatic carbocycles. The Morgan fingerprint density at radius 1 is 1.04 bits per heavy atom. The first-order valence-electron chi connectivity index (χ1n) is 7.88. The number of benzene rings is 1. The Bertz CT molecular complexity index is 786. The van der Waals surface area contributed by atoms with Gasteiger partial charge < -0.3 is 5.32 Å². The number of hydrogen-bond donors (Lipinski definition) is 1. The smallest absolute Gasteiger partial charge is 0.233 e. The fourth-order valence-corrected chi connectivity index (χ4v) is 2.56. The second-order valence-corrected chi connectivity index (χ2v) is 5.68. The number of hydrogen-bond acceptors (Lipinski definition) is 3. The molecule has 3 aromatic rings. The van der Waals surface area contributed by atoms with E-state index in [4.69, 9.17) is 0 Å². The number of carbonyl (C=O) groups excluding carboxylic acids is 1. The summed E-state index contributed by atoms with van der Waals surface area (Å²) in [5.41, 5.74) is 3.80. The average Bonchev–Trinajstić information content (AvgIpc) is 2.64. The summed E-state index contributed by atoms with van der Waals surface area (Å²) in [6.07, 6.45) is 5.18. The van der Waals surface area contributed by atoms with Crippen molar-refractivity contribution in [1.29, 1.82) is 0 Å². The predicted octanol–water partition coefficient (Wildman–Crippen LogP) is 3.23. The summed E-state index contributed by atoms with van der Waals surface area (Å²) >= 11 is 0. The minimum atomic E-state index is -0.427. The van der Waals surface area contributed by atoms with Gasteiger partial charge >= 0.3 is 0 Å². The molecule has 0 saturated carbocycles. The molecule has 1 N–H and O–H groups in total. The van der Waals surface area contributed by atoms with Gasteiger partial charge in [0.05, 0.1) is 5.69 Å². The molecule has 120 valence electrons. The number of carbonyl (C=O) groups is 1.